The number of hydrogen-bond donors (Lipinski definition) is 1. The van der Waals surface area contributed by atoms with Crippen LogP contribution in [0, 0.1) is 17.6 Å². The molecular formula is C16H19F2N3O4S. The number of piperazine rings is 1. The van der Waals surface area contributed by atoms with E-state index >= 15 is 0 Å². The maximum absolute atomic E-state index is 13.6. The maximum Gasteiger partial charge on any atom is 0.322 e. The van der Waals surface area contributed by atoms with Gasteiger partial charge in [0.15, 0.2) is 9.84 Å². The van der Waals surface area contributed by atoms with Gasteiger partial charge in [-0.15, -0.1) is 0 Å². The summed E-state index contributed by atoms with van der Waals surface area (Å²) < 4.78 is 49.5. The molecule has 2 aliphatic heterocycles. The first-order valence-electron chi connectivity index (χ1n) is 8.25. The molecule has 1 unspecified atom stereocenters. The smallest absolute Gasteiger partial charge is 0.322 e. The van der Waals surface area contributed by atoms with E-state index in [9.17, 15) is 26.8 Å². The number of halogens is 2. The number of carbonyl (C=O) groups excluding carboxylic acids is 2. The van der Waals surface area contributed by atoms with E-state index in [1.54, 1.807) is 4.90 Å². The van der Waals surface area contributed by atoms with Crippen molar-refractivity contribution in [2.75, 3.05) is 43.0 Å². The number of carbonyl (C=O) groups is 2. The summed E-state index contributed by atoms with van der Waals surface area (Å²) in [4.78, 5) is 27.6. The first-order valence-corrected chi connectivity index (χ1v) is 10.1. The predicted molar refractivity (Wildman–Crippen MR) is 90.3 cm³/mol. The molecule has 0 saturated carbocycles. The number of anilines is 1. The van der Waals surface area contributed by atoms with Crippen LogP contribution in [0.15, 0.2) is 18.2 Å². The van der Waals surface area contributed by atoms with E-state index in [0.29, 0.717) is 12.5 Å². The highest BCUT2D eigenvalue weighted by molar-refractivity contribution is 7.91. The van der Waals surface area contributed by atoms with Crippen molar-refractivity contribution in [3.63, 3.8) is 0 Å². The van der Waals surface area contributed by atoms with Gasteiger partial charge in [0.1, 0.15) is 11.6 Å². The lowest BCUT2D eigenvalue weighted by Gasteiger charge is -2.35. The number of rotatable bonds is 2. The van der Waals surface area contributed by atoms with Crippen LogP contribution in [0.2, 0.25) is 0 Å². The number of nitrogens with one attached hydrogen (secondary N) is 1. The minimum Gasteiger partial charge on any atom is -0.339 e. The van der Waals surface area contributed by atoms with Gasteiger partial charge in [0.25, 0.3) is 0 Å². The Hall–Kier alpha value is -2.23. The van der Waals surface area contributed by atoms with Crippen molar-refractivity contribution in [2.24, 2.45) is 5.92 Å². The standard InChI is InChI=1S/C16H19F2N3O4S/c17-12-1-2-14(13(18)9-12)19-16(23)21-6-4-20(5-7-21)15(22)11-3-8-26(24,25)10-11/h1-2,9,11H,3-8,10H2,(H,19,23). The summed E-state index contributed by atoms with van der Waals surface area (Å²) in [5, 5.41) is 2.38. The lowest BCUT2D eigenvalue weighted by Crippen LogP contribution is -2.53. The summed E-state index contributed by atoms with van der Waals surface area (Å²) in [7, 11) is -3.13. The highest BCUT2D eigenvalue weighted by atomic mass is 32.2. The molecule has 0 radical (unpaired) electrons. The minimum atomic E-state index is -3.13. The number of sulfone groups is 1. The molecule has 142 valence electrons. The van der Waals surface area contributed by atoms with E-state index in [0.717, 1.165) is 12.1 Å². The van der Waals surface area contributed by atoms with E-state index in [1.165, 1.54) is 4.90 Å². The van der Waals surface area contributed by atoms with Crippen molar-refractivity contribution in [3.05, 3.63) is 29.8 Å². The van der Waals surface area contributed by atoms with Gasteiger partial charge in [-0.2, -0.15) is 0 Å². The molecule has 0 aliphatic carbocycles. The number of benzene rings is 1. The molecular weight excluding hydrogens is 368 g/mol. The van der Waals surface area contributed by atoms with Crippen LogP contribution in [0.5, 0.6) is 0 Å². The fraction of sp³-hybridized carbons (Fsp3) is 0.500. The zero-order valence-corrected chi connectivity index (χ0v) is 14.8. The fourth-order valence-electron chi connectivity index (χ4n) is 3.16. The molecule has 2 heterocycles. The second-order valence-corrected chi connectivity index (χ2v) is 8.70. The van der Waals surface area contributed by atoms with Crippen molar-refractivity contribution >= 4 is 27.5 Å². The quantitative estimate of drug-likeness (QED) is 0.823. The second-order valence-electron chi connectivity index (χ2n) is 6.47. The summed E-state index contributed by atoms with van der Waals surface area (Å²) in [5.74, 6) is -2.38. The van der Waals surface area contributed by atoms with Crippen LogP contribution in [0.4, 0.5) is 19.3 Å². The molecule has 1 N–H and O–H groups in total. The fourth-order valence-corrected chi connectivity index (χ4v) is 4.90. The average molecular weight is 387 g/mol. The Morgan fingerprint density at radius 3 is 2.31 bits per heavy atom. The molecule has 2 aliphatic rings. The van der Waals surface area contributed by atoms with Gasteiger partial charge < -0.3 is 15.1 Å². The Balaban J connectivity index is 1.53. The van der Waals surface area contributed by atoms with Gasteiger partial charge in [-0.25, -0.2) is 22.0 Å². The molecule has 1 atom stereocenters. The highest BCUT2D eigenvalue weighted by Crippen LogP contribution is 2.22. The SMILES string of the molecule is O=C(Nc1ccc(F)cc1F)N1CCN(C(=O)C2CCS(=O)(=O)C2)CC1. The van der Waals surface area contributed by atoms with Gasteiger partial charge in [-0.1, -0.05) is 0 Å². The molecule has 2 saturated heterocycles. The van der Waals surface area contributed by atoms with Gasteiger partial charge in [-0.3, -0.25) is 4.79 Å². The van der Waals surface area contributed by atoms with Gasteiger partial charge in [0.2, 0.25) is 5.91 Å². The van der Waals surface area contributed by atoms with Gasteiger partial charge in [0.05, 0.1) is 23.1 Å². The lowest BCUT2D eigenvalue weighted by atomic mass is 10.1. The highest BCUT2D eigenvalue weighted by Gasteiger charge is 2.36. The van der Waals surface area contributed by atoms with Crippen LogP contribution >= 0.6 is 0 Å². The Morgan fingerprint density at radius 2 is 1.73 bits per heavy atom. The van der Waals surface area contributed by atoms with Crippen molar-refractivity contribution in [3.8, 4) is 0 Å². The first kappa shape index (κ1) is 18.6. The monoisotopic (exact) mass is 387 g/mol. The van der Waals surface area contributed by atoms with Crippen LogP contribution in [0.1, 0.15) is 6.42 Å². The van der Waals surface area contributed by atoms with Crippen LogP contribution < -0.4 is 5.32 Å². The zero-order valence-electron chi connectivity index (χ0n) is 14.0. The molecule has 26 heavy (non-hydrogen) atoms. The molecule has 10 heteroatoms. The van der Waals surface area contributed by atoms with Gasteiger partial charge in [0, 0.05) is 32.2 Å². The maximum atomic E-state index is 13.6. The van der Waals surface area contributed by atoms with Crippen LogP contribution in [0.3, 0.4) is 0 Å². The Kier molecular flexibility index (Phi) is 5.12. The van der Waals surface area contributed by atoms with E-state index < -0.39 is 33.4 Å². The van der Waals surface area contributed by atoms with Crippen molar-refractivity contribution in [1.82, 2.24) is 9.80 Å². The zero-order chi connectivity index (χ0) is 18.9. The molecule has 0 aromatic heterocycles. The molecule has 0 spiro atoms. The third kappa shape index (κ3) is 4.12. The Morgan fingerprint density at radius 1 is 1.08 bits per heavy atom. The average Bonchev–Trinajstić information content (AvgIpc) is 2.97. The minimum absolute atomic E-state index is 0.0367. The number of nitrogens with zero attached hydrogens (tertiary/aromatic N) is 2. The number of hydrogen-bond acceptors (Lipinski definition) is 4. The van der Waals surface area contributed by atoms with E-state index in [1.807, 2.05) is 0 Å². The summed E-state index contributed by atoms with van der Waals surface area (Å²) in [5.41, 5.74) is -0.119. The molecule has 3 amide bonds. The summed E-state index contributed by atoms with van der Waals surface area (Å²) in [6, 6.07) is 2.33. The molecule has 0 bridgehead atoms. The summed E-state index contributed by atoms with van der Waals surface area (Å²) in [6.07, 6.45) is 0.339. The van der Waals surface area contributed by atoms with Crippen molar-refractivity contribution in [1.29, 1.82) is 0 Å². The Bertz CT molecular complexity index is 823. The third-order valence-electron chi connectivity index (χ3n) is 4.63. The van der Waals surface area contributed by atoms with E-state index in [-0.39, 0.29) is 49.3 Å². The predicted octanol–water partition coefficient (Wildman–Crippen LogP) is 1.08. The molecule has 2 fully saturated rings. The van der Waals surface area contributed by atoms with E-state index in [2.05, 4.69) is 5.32 Å². The van der Waals surface area contributed by atoms with Crippen LogP contribution in [0.25, 0.3) is 0 Å². The van der Waals surface area contributed by atoms with Crippen molar-refractivity contribution < 1.29 is 26.8 Å². The number of amides is 3. The topological polar surface area (TPSA) is 86.8 Å². The van der Waals surface area contributed by atoms with Crippen molar-refractivity contribution in [2.45, 2.75) is 6.42 Å². The third-order valence-corrected chi connectivity index (χ3v) is 6.40. The summed E-state index contributed by atoms with van der Waals surface area (Å²) in [6.45, 7) is 1.07. The lowest BCUT2D eigenvalue weighted by molar-refractivity contribution is -0.136. The summed E-state index contributed by atoms with van der Waals surface area (Å²) >= 11 is 0. The van der Waals surface area contributed by atoms with Gasteiger partial charge >= 0.3 is 6.03 Å². The first-order chi connectivity index (χ1) is 12.2. The molecule has 1 aromatic rings. The largest absolute Gasteiger partial charge is 0.339 e. The van der Waals surface area contributed by atoms with E-state index in [4.69, 9.17) is 0 Å². The molecule has 3 rings (SSSR count). The molecule has 7 nitrogen and oxygen atoms in total. The normalized spacial score (nSPS) is 22.3. The van der Waals surface area contributed by atoms with Crippen LogP contribution in [-0.4, -0.2) is 67.8 Å². The molecule has 1 aromatic carbocycles. The second kappa shape index (κ2) is 7.18. The Labute approximate surface area is 149 Å². The number of urea groups is 1. The van der Waals surface area contributed by atoms with Crippen LogP contribution in [-0.2, 0) is 14.6 Å². The van der Waals surface area contributed by atoms with Gasteiger partial charge in [-0.05, 0) is 18.6 Å².